The Morgan fingerprint density at radius 1 is 1.17 bits per heavy atom. The molecule has 0 aromatic carbocycles. The topological polar surface area (TPSA) is 40.6 Å². The van der Waals surface area contributed by atoms with Crippen molar-refractivity contribution in [3.63, 3.8) is 0 Å². The van der Waals surface area contributed by atoms with Crippen molar-refractivity contribution >= 4 is 21.8 Å². The predicted octanol–water partition coefficient (Wildman–Crippen LogP) is 2.06. The van der Waals surface area contributed by atoms with Gasteiger partial charge in [-0.25, -0.2) is 0 Å². The first-order valence-corrected chi connectivity index (χ1v) is 8.69. The number of hydrogen-bond donors (Lipinski definition) is 0. The molecule has 1 aliphatic carbocycles. The third-order valence-corrected chi connectivity index (χ3v) is 6.29. The summed E-state index contributed by atoms with van der Waals surface area (Å²) in [6.45, 7) is 1.97. The zero-order valence-corrected chi connectivity index (χ0v) is 12.6. The monoisotopic (exact) mass is 294 g/mol. The first-order chi connectivity index (χ1) is 8.50. The first-order valence-electron chi connectivity index (χ1n) is 6.85. The molecular weight excluding hydrogens is 272 g/mol. The second-order valence-corrected chi connectivity index (χ2v) is 8.19. The predicted molar refractivity (Wildman–Crippen MR) is 74.0 cm³/mol. The van der Waals surface area contributed by atoms with Gasteiger partial charge in [-0.1, -0.05) is 12.8 Å². The molecule has 0 amide bonds. The van der Waals surface area contributed by atoms with Crippen LogP contribution in [-0.2, 0) is 10.2 Å². The maximum Gasteiger partial charge on any atom is 0.281 e. The van der Waals surface area contributed by atoms with Gasteiger partial charge in [0.05, 0.1) is 0 Å². The summed E-state index contributed by atoms with van der Waals surface area (Å²) in [5.41, 5.74) is 0. The van der Waals surface area contributed by atoms with E-state index in [2.05, 4.69) is 0 Å². The van der Waals surface area contributed by atoms with Crippen LogP contribution in [0, 0.1) is 5.92 Å². The van der Waals surface area contributed by atoms with Crippen molar-refractivity contribution in [2.75, 3.05) is 26.7 Å². The van der Waals surface area contributed by atoms with E-state index in [1.165, 1.54) is 4.31 Å². The highest BCUT2D eigenvalue weighted by Gasteiger charge is 2.33. The van der Waals surface area contributed by atoms with E-state index >= 15 is 0 Å². The Morgan fingerprint density at radius 2 is 1.72 bits per heavy atom. The highest BCUT2D eigenvalue weighted by atomic mass is 35.5. The minimum Gasteiger partial charge on any atom is -0.195 e. The van der Waals surface area contributed by atoms with E-state index in [-0.39, 0.29) is 5.38 Å². The second-order valence-electron chi connectivity index (χ2n) is 5.54. The molecule has 1 heterocycles. The van der Waals surface area contributed by atoms with Gasteiger partial charge in [-0.15, -0.1) is 11.6 Å². The van der Waals surface area contributed by atoms with Crippen LogP contribution in [0.15, 0.2) is 0 Å². The van der Waals surface area contributed by atoms with Gasteiger partial charge in [-0.05, 0) is 31.6 Å². The Hall–Kier alpha value is 0.160. The number of hydrogen-bond acceptors (Lipinski definition) is 2. The molecule has 0 aromatic heterocycles. The van der Waals surface area contributed by atoms with Crippen LogP contribution in [0.5, 0.6) is 0 Å². The lowest BCUT2D eigenvalue weighted by molar-refractivity contribution is 0.257. The van der Waals surface area contributed by atoms with Crippen LogP contribution in [0.2, 0.25) is 0 Å². The first kappa shape index (κ1) is 14.6. The van der Waals surface area contributed by atoms with Crippen LogP contribution < -0.4 is 0 Å². The molecule has 1 saturated heterocycles. The van der Waals surface area contributed by atoms with Gasteiger partial charge in [0.2, 0.25) is 0 Å². The molecule has 6 heteroatoms. The molecule has 0 aromatic rings. The summed E-state index contributed by atoms with van der Waals surface area (Å²) in [5.74, 6) is 0.444. The fourth-order valence-electron chi connectivity index (χ4n) is 2.73. The molecule has 1 aliphatic heterocycles. The molecule has 18 heavy (non-hydrogen) atoms. The van der Waals surface area contributed by atoms with Crippen LogP contribution in [0.3, 0.4) is 0 Å². The van der Waals surface area contributed by atoms with Crippen LogP contribution in [0.1, 0.15) is 38.5 Å². The molecule has 2 fully saturated rings. The molecule has 0 bridgehead atoms. The van der Waals surface area contributed by atoms with Crippen molar-refractivity contribution in [1.82, 2.24) is 8.61 Å². The van der Waals surface area contributed by atoms with Gasteiger partial charge in [0.1, 0.15) is 0 Å². The largest absolute Gasteiger partial charge is 0.281 e. The fourth-order valence-corrected chi connectivity index (χ4v) is 4.75. The van der Waals surface area contributed by atoms with Crippen molar-refractivity contribution in [1.29, 1.82) is 0 Å². The molecule has 0 unspecified atom stereocenters. The van der Waals surface area contributed by atoms with E-state index in [0.29, 0.717) is 25.6 Å². The van der Waals surface area contributed by atoms with E-state index < -0.39 is 10.2 Å². The Morgan fingerprint density at radius 3 is 2.22 bits per heavy atom. The van der Waals surface area contributed by atoms with Gasteiger partial charge in [-0.3, -0.25) is 0 Å². The maximum absolute atomic E-state index is 12.4. The molecular formula is C12H23ClN2O2S. The Balaban J connectivity index is 1.91. The summed E-state index contributed by atoms with van der Waals surface area (Å²) < 4.78 is 28.0. The molecule has 0 radical (unpaired) electrons. The van der Waals surface area contributed by atoms with Gasteiger partial charge in [0, 0.05) is 32.1 Å². The molecule has 2 rings (SSSR count). The zero-order chi connectivity index (χ0) is 13.2. The van der Waals surface area contributed by atoms with Crippen LogP contribution in [-0.4, -0.2) is 49.1 Å². The average molecular weight is 295 g/mol. The third-order valence-electron chi connectivity index (χ3n) is 3.98. The number of halogens is 1. The normalized spacial score (nSPS) is 31.1. The molecule has 2 aliphatic rings. The average Bonchev–Trinajstić information content (AvgIpc) is 2.55. The van der Waals surface area contributed by atoms with Gasteiger partial charge >= 0.3 is 0 Å². The van der Waals surface area contributed by atoms with Crippen LogP contribution >= 0.6 is 11.6 Å². The lowest BCUT2D eigenvalue weighted by Crippen LogP contribution is -2.45. The lowest BCUT2D eigenvalue weighted by Gasteiger charge is -2.35. The fraction of sp³-hybridized carbons (Fsp3) is 1.00. The van der Waals surface area contributed by atoms with Crippen LogP contribution in [0.4, 0.5) is 0 Å². The van der Waals surface area contributed by atoms with Crippen molar-refractivity contribution in [3.8, 4) is 0 Å². The highest BCUT2D eigenvalue weighted by molar-refractivity contribution is 7.86. The third kappa shape index (κ3) is 3.38. The minimum absolute atomic E-state index is 0.254. The summed E-state index contributed by atoms with van der Waals surface area (Å²) >= 11 is 5.93. The molecule has 106 valence electrons. The van der Waals surface area contributed by atoms with E-state index in [0.717, 1.165) is 38.5 Å². The van der Waals surface area contributed by atoms with Crippen molar-refractivity contribution in [2.24, 2.45) is 5.92 Å². The Labute approximate surface area is 115 Å². The van der Waals surface area contributed by atoms with E-state index in [1.54, 1.807) is 11.4 Å². The summed E-state index contributed by atoms with van der Waals surface area (Å²) in [4.78, 5) is 0. The summed E-state index contributed by atoms with van der Waals surface area (Å²) in [7, 11) is -1.55. The molecule has 1 saturated carbocycles. The van der Waals surface area contributed by atoms with Crippen molar-refractivity contribution in [2.45, 2.75) is 43.9 Å². The van der Waals surface area contributed by atoms with E-state index in [4.69, 9.17) is 11.6 Å². The number of nitrogens with zero attached hydrogens (tertiary/aromatic N) is 2. The van der Waals surface area contributed by atoms with Crippen LogP contribution in [0.25, 0.3) is 0 Å². The Bertz CT molecular complexity index is 360. The summed E-state index contributed by atoms with van der Waals surface area (Å²) in [5, 5.41) is 0.254. The SMILES string of the molecule is CN(CC1CC(Cl)C1)S(=O)(=O)N1CCCCCC1. The second kappa shape index (κ2) is 6.07. The lowest BCUT2D eigenvalue weighted by atomic mass is 9.85. The van der Waals surface area contributed by atoms with Gasteiger partial charge in [0.25, 0.3) is 10.2 Å². The highest BCUT2D eigenvalue weighted by Crippen LogP contribution is 2.33. The van der Waals surface area contributed by atoms with Crippen molar-refractivity contribution < 1.29 is 8.42 Å². The molecule has 4 nitrogen and oxygen atoms in total. The Kier molecular flexibility index (Phi) is 4.92. The van der Waals surface area contributed by atoms with Gasteiger partial charge in [0.15, 0.2) is 0 Å². The number of rotatable bonds is 4. The smallest absolute Gasteiger partial charge is 0.195 e. The zero-order valence-electron chi connectivity index (χ0n) is 11.0. The summed E-state index contributed by atoms with van der Waals surface area (Å²) in [6.07, 6.45) is 6.15. The molecule has 0 spiro atoms. The van der Waals surface area contributed by atoms with E-state index in [9.17, 15) is 8.42 Å². The van der Waals surface area contributed by atoms with E-state index in [1.807, 2.05) is 0 Å². The quantitative estimate of drug-likeness (QED) is 0.745. The van der Waals surface area contributed by atoms with Gasteiger partial charge < -0.3 is 0 Å². The summed E-state index contributed by atoms with van der Waals surface area (Å²) in [6, 6.07) is 0. The van der Waals surface area contributed by atoms with Gasteiger partial charge in [-0.2, -0.15) is 17.0 Å². The maximum atomic E-state index is 12.4. The minimum atomic E-state index is -3.25. The molecule has 0 atom stereocenters. The van der Waals surface area contributed by atoms with Crippen molar-refractivity contribution in [3.05, 3.63) is 0 Å². The molecule has 0 N–H and O–H groups in total. The standard InChI is InChI=1S/C12H23ClN2O2S/c1-14(10-11-8-12(13)9-11)18(16,17)15-6-4-2-3-5-7-15/h11-12H,2-10H2,1H3. The number of alkyl halides is 1.